The summed E-state index contributed by atoms with van der Waals surface area (Å²) in [5, 5.41) is 12.6. The maximum absolute atomic E-state index is 2.57. The zero-order chi connectivity index (χ0) is 37.9. The van der Waals surface area contributed by atoms with E-state index in [0.29, 0.717) is 0 Å². The maximum atomic E-state index is 2.57. The van der Waals surface area contributed by atoms with Crippen molar-refractivity contribution in [2.45, 2.75) is 12.5 Å². The summed E-state index contributed by atoms with van der Waals surface area (Å²) >= 11 is 0. The van der Waals surface area contributed by atoms with Crippen molar-refractivity contribution in [2.24, 2.45) is 0 Å². The third kappa shape index (κ3) is 4.29. The Morgan fingerprint density at radius 3 is 1.55 bits per heavy atom. The second-order valence-electron chi connectivity index (χ2n) is 15.7. The molecule has 0 fully saturated rings. The van der Waals surface area contributed by atoms with E-state index in [-0.39, 0.29) is 6.04 Å². The van der Waals surface area contributed by atoms with Crippen molar-refractivity contribution < 1.29 is 0 Å². The molecule has 4 heterocycles. The molecule has 4 aromatic heterocycles. The molecule has 0 saturated heterocycles. The van der Waals surface area contributed by atoms with E-state index in [2.05, 4.69) is 218 Å². The molecular weight excluding hydrogens is 705 g/mol. The van der Waals surface area contributed by atoms with E-state index >= 15 is 0 Å². The minimum Gasteiger partial charge on any atom is -0.319 e. The molecule has 12 aromatic rings. The van der Waals surface area contributed by atoms with E-state index in [1.807, 2.05) is 0 Å². The Morgan fingerprint density at radius 1 is 0.362 bits per heavy atom. The van der Waals surface area contributed by atoms with Gasteiger partial charge in [-0.05, 0) is 88.6 Å². The van der Waals surface area contributed by atoms with Gasteiger partial charge in [0.05, 0.1) is 28.1 Å². The number of hydrogen-bond acceptors (Lipinski definition) is 0. The van der Waals surface area contributed by atoms with Gasteiger partial charge in [0.25, 0.3) is 0 Å². The molecule has 13 rings (SSSR count). The number of benzene rings is 8. The largest absolute Gasteiger partial charge is 0.319 e. The van der Waals surface area contributed by atoms with Crippen LogP contribution in [0, 0.1) is 0 Å². The van der Waals surface area contributed by atoms with Crippen LogP contribution in [-0.2, 0) is 0 Å². The lowest BCUT2D eigenvalue weighted by Crippen LogP contribution is -2.10. The van der Waals surface area contributed by atoms with Gasteiger partial charge < -0.3 is 4.57 Å². The first-order valence-corrected chi connectivity index (χ1v) is 20.2. The molecular formula is C54H36N4. The molecule has 1 aliphatic rings. The molecule has 272 valence electrons. The Balaban J connectivity index is 1.06. The first-order chi connectivity index (χ1) is 28.8. The number of aromatic nitrogens is 4. The van der Waals surface area contributed by atoms with Gasteiger partial charge >= 0.3 is 0 Å². The Kier molecular flexibility index (Phi) is 6.53. The monoisotopic (exact) mass is 740 g/mol. The van der Waals surface area contributed by atoms with E-state index < -0.39 is 0 Å². The Labute approximate surface area is 334 Å². The highest BCUT2D eigenvalue weighted by Crippen LogP contribution is 2.44. The summed E-state index contributed by atoms with van der Waals surface area (Å²) in [6.07, 6.45) is 9.96. The molecule has 0 amide bonds. The Bertz CT molecular complexity index is 3710. The van der Waals surface area contributed by atoms with E-state index in [1.165, 1.54) is 92.9 Å². The molecule has 1 unspecified atom stereocenters. The second-order valence-corrected chi connectivity index (χ2v) is 15.7. The smallest absolute Gasteiger partial charge is 0.131 e. The summed E-state index contributed by atoms with van der Waals surface area (Å²) in [5.41, 5.74) is 10.8. The molecule has 1 aliphatic carbocycles. The van der Waals surface area contributed by atoms with Crippen LogP contribution in [0.1, 0.15) is 12.5 Å². The molecule has 0 aliphatic heterocycles. The minimum absolute atomic E-state index is 0.229. The molecule has 0 N–H and O–H groups in total. The van der Waals surface area contributed by atoms with Gasteiger partial charge in [0.1, 0.15) is 11.3 Å². The van der Waals surface area contributed by atoms with Crippen molar-refractivity contribution in [3.63, 3.8) is 0 Å². The Morgan fingerprint density at radius 2 is 0.879 bits per heavy atom. The standard InChI is InChI=1S/C54H36N4/c1-3-15-37(16-4-1)55-47-23-11-7-19-42(47)51-44-21-9-13-25-49(44)57(53(51)55)39-31-32-41-36(33-39)28-27-35-29-30-40(34-46(35)41)58-50-26-14-10-22-45(50)52-43-20-8-12-24-48(43)56(54(52)58)38-17-5-2-6-18-38/h1-17,19-34,38H,18H2. The summed E-state index contributed by atoms with van der Waals surface area (Å²) < 4.78 is 9.98. The van der Waals surface area contributed by atoms with Crippen LogP contribution >= 0.6 is 0 Å². The fourth-order valence-electron chi connectivity index (χ4n) is 10.2. The average molecular weight is 741 g/mol. The molecule has 0 spiro atoms. The molecule has 1 atom stereocenters. The number of allylic oxidation sites excluding steroid dienone is 4. The highest BCUT2D eigenvalue weighted by molar-refractivity contribution is 6.23. The maximum Gasteiger partial charge on any atom is 0.131 e. The fourth-order valence-corrected chi connectivity index (χ4v) is 10.2. The first kappa shape index (κ1) is 31.6. The van der Waals surface area contributed by atoms with Crippen LogP contribution in [0.5, 0.6) is 0 Å². The van der Waals surface area contributed by atoms with Crippen LogP contribution in [0.4, 0.5) is 0 Å². The number of fused-ring (bicyclic) bond motifs is 13. The Hall–Kier alpha value is -7.56. The molecule has 0 bridgehead atoms. The zero-order valence-corrected chi connectivity index (χ0v) is 31.6. The normalized spacial score (nSPS) is 14.5. The number of para-hydroxylation sites is 5. The van der Waals surface area contributed by atoms with Crippen LogP contribution < -0.4 is 0 Å². The van der Waals surface area contributed by atoms with E-state index in [1.54, 1.807) is 0 Å². The van der Waals surface area contributed by atoms with Gasteiger partial charge in [-0.1, -0.05) is 140 Å². The quantitative estimate of drug-likeness (QED) is 0.160. The van der Waals surface area contributed by atoms with Crippen LogP contribution in [0.25, 0.3) is 104 Å². The SMILES string of the molecule is C1=CCC(n2c3ccccc3c3c4ccccc4n(-c4ccc5ccc6cc(-n7c8ccccc8c8c9ccccc9n(-c9ccccc9)c87)ccc6c5c4)c32)C=C1. The van der Waals surface area contributed by atoms with Gasteiger partial charge in [0, 0.05) is 49.4 Å². The molecule has 4 nitrogen and oxygen atoms in total. The summed E-state index contributed by atoms with van der Waals surface area (Å²) in [6.45, 7) is 0. The van der Waals surface area contributed by atoms with Crippen molar-refractivity contribution in [3.8, 4) is 17.1 Å². The first-order valence-electron chi connectivity index (χ1n) is 20.2. The van der Waals surface area contributed by atoms with Crippen LogP contribution in [0.2, 0.25) is 0 Å². The summed E-state index contributed by atoms with van der Waals surface area (Å²) in [6, 6.07) is 65.1. The topological polar surface area (TPSA) is 19.7 Å². The lowest BCUT2D eigenvalue weighted by molar-refractivity contribution is 0.640. The predicted octanol–water partition coefficient (Wildman–Crippen LogP) is 14.1. The third-order valence-electron chi connectivity index (χ3n) is 12.6. The molecule has 0 saturated carbocycles. The second kappa shape index (κ2) is 12.0. The fraction of sp³-hybridized carbons (Fsp3) is 0.0370. The number of nitrogens with zero attached hydrogens (tertiary/aromatic N) is 4. The van der Waals surface area contributed by atoms with Crippen molar-refractivity contribution in [1.82, 2.24) is 18.3 Å². The van der Waals surface area contributed by atoms with Gasteiger partial charge in [0.2, 0.25) is 0 Å². The van der Waals surface area contributed by atoms with Crippen LogP contribution in [0.3, 0.4) is 0 Å². The van der Waals surface area contributed by atoms with E-state index in [9.17, 15) is 0 Å². The highest BCUT2D eigenvalue weighted by Gasteiger charge is 2.25. The van der Waals surface area contributed by atoms with E-state index in [4.69, 9.17) is 0 Å². The minimum atomic E-state index is 0.229. The van der Waals surface area contributed by atoms with Gasteiger partial charge in [-0.15, -0.1) is 0 Å². The summed E-state index contributed by atoms with van der Waals surface area (Å²) in [7, 11) is 0. The van der Waals surface area contributed by atoms with Gasteiger partial charge in [0.15, 0.2) is 0 Å². The van der Waals surface area contributed by atoms with Gasteiger partial charge in [-0.3, -0.25) is 13.7 Å². The van der Waals surface area contributed by atoms with Crippen molar-refractivity contribution >= 4 is 87.2 Å². The molecule has 8 aromatic carbocycles. The molecule has 0 radical (unpaired) electrons. The van der Waals surface area contributed by atoms with Crippen LogP contribution in [0.15, 0.2) is 200 Å². The van der Waals surface area contributed by atoms with Gasteiger partial charge in [-0.25, -0.2) is 0 Å². The van der Waals surface area contributed by atoms with E-state index in [0.717, 1.165) is 17.8 Å². The summed E-state index contributed by atoms with van der Waals surface area (Å²) in [4.78, 5) is 0. The lowest BCUT2D eigenvalue weighted by atomic mass is 10.0. The average Bonchev–Trinajstić information content (AvgIpc) is 4.01. The summed E-state index contributed by atoms with van der Waals surface area (Å²) in [5.74, 6) is 0. The number of rotatable bonds is 4. The molecule has 4 heteroatoms. The van der Waals surface area contributed by atoms with Crippen molar-refractivity contribution in [3.05, 3.63) is 200 Å². The van der Waals surface area contributed by atoms with Crippen LogP contribution in [-0.4, -0.2) is 18.3 Å². The molecule has 58 heavy (non-hydrogen) atoms. The lowest BCUT2D eigenvalue weighted by Gasteiger charge is -2.20. The highest BCUT2D eigenvalue weighted by atomic mass is 15.2. The zero-order valence-electron chi connectivity index (χ0n) is 31.6. The van der Waals surface area contributed by atoms with Crippen molar-refractivity contribution in [1.29, 1.82) is 0 Å². The third-order valence-corrected chi connectivity index (χ3v) is 12.6. The number of hydrogen-bond donors (Lipinski definition) is 0. The predicted molar refractivity (Wildman–Crippen MR) is 244 cm³/mol. The van der Waals surface area contributed by atoms with Gasteiger partial charge in [-0.2, -0.15) is 0 Å². The van der Waals surface area contributed by atoms with Crippen molar-refractivity contribution in [2.75, 3.05) is 0 Å².